The first-order chi connectivity index (χ1) is 13.0. The van der Waals surface area contributed by atoms with Gasteiger partial charge in [0.2, 0.25) is 0 Å². The van der Waals surface area contributed by atoms with Gasteiger partial charge in [0.1, 0.15) is 5.75 Å². The molecule has 2 aromatic rings. The Labute approximate surface area is 160 Å². The van der Waals surface area contributed by atoms with E-state index in [9.17, 15) is 15.0 Å². The van der Waals surface area contributed by atoms with Crippen molar-refractivity contribution < 1.29 is 19.7 Å². The normalized spacial score (nSPS) is 19.9. The van der Waals surface area contributed by atoms with Gasteiger partial charge in [-0.25, -0.2) is 0 Å². The topological polar surface area (TPSA) is 73.2 Å². The van der Waals surface area contributed by atoms with Gasteiger partial charge < -0.3 is 24.7 Å². The van der Waals surface area contributed by atoms with E-state index in [1.54, 1.807) is 18.1 Å². The highest BCUT2D eigenvalue weighted by Crippen LogP contribution is 2.32. The van der Waals surface area contributed by atoms with Crippen molar-refractivity contribution in [2.24, 2.45) is 11.8 Å². The summed E-state index contributed by atoms with van der Waals surface area (Å²) in [5.41, 5.74) is 0.318. The summed E-state index contributed by atoms with van der Waals surface area (Å²) in [4.78, 5) is 16.9. The van der Waals surface area contributed by atoms with Gasteiger partial charge in [-0.3, -0.25) is 4.79 Å². The van der Waals surface area contributed by atoms with Gasteiger partial charge in [-0.2, -0.15) is 0 Å². The van der Waals surface area contributed by atoms with E-state index in [2.05, 4.69) is 4.90 Å². The van der Waals surface area contributed by atoms with Crippen LogP contribution in [0.25, 0.3) is 10.8 Å². The molecule has 0 unspecified atom stereocenters. The molecule has 6 nitrogen and oxygen atoms in total. The van der Waals surface area contributed by atoms with Crippen molar-refractivity contribution in [3.8, 4) is 5.75 Å². The number of hydrogen-bond acceptors (Lipinski definition) is 5. The zero-order valence-corrected chi connectivity index (χ0v) is 16.0. The van der Waals surface area contributed by atoms with E-state index < -0.39 is 0 Å². The summed E-state index contributed by atoms with van der Waals surface area (Å²) in [5, 5.41) is 21.9. The number of likely N-dealkylation sites (tertiary alicyclic amines) is 1. The highest BCUT2D eigenvalue weighted by molar-refractivity contribution is 6.03. The van der Waals surface area contributed by atoms with Crippen molar-refractivity contribution >= 4 is 16.7 Å². The molecule has 1 fully saturated rings. The molecule has 0 radical (unpaired) electrons. The number of rotatable bonds is 7. The van der Waals surface area contributed by atoms with Crippen LogP contribution in [-0.2, 0) is 4.74 Å². The molecule has 0 bridgehead atoms. The predicted octanol–water partition coefficient (Wildman–Crippen LogP) is 1.80. The van der Waals surface area contributed by atoms with Gasteiger partial charge in [-0.15, -0.1) is 0 Å². The Kier molecular flexibility index (Phi) is 6.31. The monoisotopic (exact) mass is 372 g/mol. The van der Waals surface area contributed by atoms with Crippen LogP contribution < -0.4 is 0 Å². The van der Waals surface area contributed by atoms with Crippen molar-refractivity contribution in [3.63, 3.8) is 0 Å². The number of carbonyl (C=O) groups excluding carboxylic acids is 1. The minimum absolute atomic E-state index is 0.0271. The Bertz CT molecular complexity index is 795. The van der Waals surface area contributed by atoms with Crippen molar-refractivity contribution in [1.82, 2.24) is 9.80 Å². The van der Waals surface area contributed by atoms with Gasteiger partial charge in [0, 0.05) is 51.2 Å². The molecule has 0 spiro atoms. The SMILES string of the molecule is COCCN(C)C[C@@H]1CN(C(=O)c2ccc3ccccc3c2O)C[C@@H]1CO. The van der Waals surface area contributed by atoms with E-state index in [-0.39, 0.29) is 30.1 Å². The Morgan fingerprint density at radius 3 is 2.70 bits per heavy atom. The summed E-state index contributed by atoms with van der Waals surface area (Å²) in [6.07, 6.45) is 0. The maximum absolute atomic E-state index is 13.0. The van der Waals surface area contributed by atoms with Gasteiger partial charge >= 0.3 is 0 Å². The van der Waals surface area contributed by atoms with E-state index >= 15 is 0 Å². The van der Waals surface area contributed by atoms with Crippen molar-refractivity contribution in [2.75, 3.05) is 53.6 Å². The van der Waals surface area contributed by atoms with Crippen LogP contribution in [-0.4, -0.2) is 79.5 Å². The molecule has 1 aliphatic heterocycles. The van der Waals surface area contributed by atoms with E-state index in [4.69, 9.17) is 4.74 Å². The van der Waals surface area contributed by atoms with Crippen LogP contribution in [0, 0.1) is 11.8 Å². The summed E-state index contributed by atoms with van der Waals surface area (Å²) < 4.78 is 5.11. The number of hydrogen-bond donors (Lipinski definition) is 2. The first kappa shape index (κ1) is 19.6. The molecular weight excluding hydrogens is 344 g/mol. The predicted molar refractivity (Wildman–Crippen MR) is 105 cm³/mol. The first-order valence-electron chi connectivity index (χ1n) is 9.33. The van der Waals surface area contributed by atoms with Gasteiger partial charge in [0.15, 0.2) is 0 Å². The lowest BCUT2D eigenvalue weighted by molar-refractivity contribution is 0.0776. The molecule has 1 aliphatic rings. The maximum Gasteiger partial charge on any atom is 0.257 e. The molecule has 146 valence electrons. The van der Waals surface area contributed by atoms with Crippen LogP contribution in [0.4, 0.5) is 0 Å². The average Bonchev–Trinajstić information content (AvgIpc) is 3.09. The lowest BCUT2D eigenvalue weighted by atomic mass is 9.96. The first-order valence-corrected chi connectivity index (χ1v) is 9.33. The van der Waals surface area contributed by atoms with Crippen LogP contribution in [0.1, 0.15) is 10.4 Å². The third kappa shape index (κ3) is 4.24. The number of phenols is 1. The highest BCUT2D eigenvalue weighted by atomic mass is 16.5. The van der Waals surface area contributed by atoms with Gasteiger partial charge in [-0.05, 0) is 24.4 Å². The molecule has 6 heteroatoms. The van der Waals surface area contributed by atoms with Gasteiger partial charge in [0.25, 0.3) is 5.91 Å². The molecule has 0 saturated carbocycles. The minimum atomic E-state index is -0.182. The fourth-order valence-electron chi connectivity index (χ4n) is 3.86. The highest BCUT2D eigenvalue weighted by Gasteiger charge is 2.36. The second kappa shape index (κ2) is 8.69. The number of fused-ring (bicyclic) bond motifs is 1. The van der Waals surface area contributed by atoms with Crippen LogP contribution in [0.5, 0.6) is 5.75 Å². The molecule has 2 atom stereocenters. The number of nitrogens with zero attached hydrogens (tertiary/aromatic N) is 2. The molecule has 0 aliphatic carbocycles. The fraction of sp³-hybridized carbons (Fsp3) is 0.476. The number of phenolic OH excluding ortho intramolecular Hbond substituents is 1. The summed E-state index contributed by atoms with van der Waals surface area (Å²) in [5.74, 6) is 0.0861. The minimum Gasteiger partial charge on any atom is -0.506 e. The standard InChI is InChI=1S/C21H28N2O4/c1-22(9-10-27-2)11-16-12-23(13-17(16)14-24)21(26)19-8-7-15-5-3-4-6-18(15)20(19)25/h3-8,16-17,24-25H,9-14H2,1-2H3/t16-,17-/m1/s1. The summed E-state index contributed by atoms with van der Waals surface area (Å²) in [6, 6.07) is 11.0. The van der Waals surface area contributed by atoms with E-state index in [0.717, 1.165) is 18.5 Å². The quantitative estimate of drug-likeness (QED) is 0.775. The molecule has 27 heavy (non-hydrogen) atoms. The maximum atomic E-state index is 13.0. The van der Waals surface area contributed by atoms with Crippen molar-refractivity contribution in [2.45, 2.75) is 0 Å². The lowest BCUT2D eigenvalue weighted by Crippen LogP contribution is -2.33. The second-order valence-electron chi connectivity index (χ2n) is 7.35. The number of amides is 1. The van der Waals surface area contributed by atoms with E-state index in [1.165, 1.54) is 0 Å². The molecule has 3 rings (SSSR count). The van der Waals surface area contributed by atoms with Gasteiger partial charge in [-0.1, -0.05) is 30.3 Å². The zero-order valence-electron chi connectivity index (χ0n) is 16.0. The second-order valence-corrected chi connectivity index (χ2v) is 7.35. The van der Waals surface area contributed by atoms with Crippen LogP contribution in [0.3, 0.4) is 0 Å². The number of carbonyl (C=O) groups is 1. The number of aliphatic hydroxyl groups excluding tert-OH is 1. The summed E-state index contributed by atoms with van der Waals surface area (Å²) in [6.45, 7) is 3.39. The van der Waals surface area contributed by atoms with Crippen LogP contribution >= 0.6 is 0 Å². The number of aliphatic hydroxyl groups is 1. The lowest BCUT2D eigenvalue weighted by Gasteiger charge is -2.23. The van der Waals surface area contributed by atoms with Crippen LogP contribution in [0.15, 0.2) is 36.4 Å². The Hall–Kier alpha value is -2.15. The number of methoxy groups -OCH3 is 1. The van der Waals surface area contributed by atoms with Gasteiger partial charge in [0.05, 0.1) is 12.2 Å². The molecular formula is C21H28N2O4. The van der Waals surface area contributed by atoms with Crippen LogP contribution in [0.2, 0.25) is 0 Å². The molecule has 1 saturated heterocycles. The van der Waals surface area contributed by atoms with E-state index in [0.29, 0.717) is 30.6 Å². The summed E-state index contributed by atoms with van der Waals surface area (Å²) in [7, 11) is 3.70. The number of likely N-dealkylation sites (N-methyl/N-ethyl adjacent to an activating group) is 1. The third-order valence-corrected chi connectivity index (χ3v) is 5.45. The molecule has 2 aromatic carbocycles. The Balaban J connectivity index is 1.75. The largest absolute Gasteiger partial charge is 0.506 e. The number of ether oxygens (including phenoxy) is 1. The van der Waals surface area contributed by atoms with Crippen molar-refractivity contribution in [1.29, 1.82) is 0 Å². The molecule has 1 heterocycles. The average molecular weight is 372 g/mol. The number of aromatic hydroxyl groups is 1. The van der Waals surface area contributed by atoms with E-state index in [1.807, 2.05) is 37.4 Å². The van der Waals surface area contributed by atoms with Crippen molar-refractivity contribution in [3.05, 3.63) is 42.0 Å². The zero-order chi connectivity index (χ0) is 19.4. The Morgan fingerprint density at radius 2 is 1.96 bits per heavy atom. The molecule has 2 N–H and O–H groups in total. The third-order valence-electron chi connectivity index (χ3n) is 5.45. The number of benzene rings is 2. The Morgan fingerprint density at radius 1 is 1.22 bits per heavy atom. The summed E-state index contributed by atoms with van der Waals surface area (Å²) >= 11 is 0. The fourth-order valence-corrected chi connectivity index (χ4v) is 3.86. The molecule has 0 aromatic heterocycles. The smallest absolute Gasteiger partial charge is 0.257 e. The molecule has 1 amide bonds.